The summed E-state index contributed by atoms with van der Waals surface area (Å²) in [5.74, 6) is -3.09. The molecule has 0 fully saturated rings. The Hall–Kier alpha value is -2.56. The second-order valence-corrected chi connectivity index (χ2v) is 3.51. The number of nitrogens with zero attached hydrogens (tertiary/aromatic N) is 1. The van der Waals surface area contributed by atoms with Gasteiger partial charge in [-0.1, -0.05) is 0 Å². The van der Waals surface area contributed by atoms with E-state index in [9.17, 15) is 27.9 Å². The first-order valence-electron chi connectivity index (χ1n) is 5.32. The number of nitrogens with two attached hydrogens (primary N) is 1. The number of aromatic hydroxyl groups is 1. The van der Waals surface area contributed by atoms with Gasteiger partial charge in [-0.05, 0) is 0 Å². The van der Waals surface area contributed by atoms with Gasteiger partial charge >= 0.3 is 12.3 Å². The third-order valence-electron chi connectivity index (χ3n) is 1.86. The van der Waals surface area contributed by atoms with Crippen LogP contribution in [-0.4, -0.2) is 41.4 Å². The molecule has 1 rings (SSSR count). The summed E-state index contributed by atoms with van der Waals surface area (Å²) in [6.07, 6.45) is -4.97. The van der Waals surface area contributed by atoms with Gasteiger partial charge in [0.1, 0.15) is 0 Å². The lowest BCUT2D eigenvalue weighted by Crippen LogP contribution is -2.37. The van der Waals surface area contributed by atoms with Gasteiger partial charge in [0.15, 0.2) is 12.4 Å². The van der Waals surface area contributed by atoms with Crippen molar-refractivity contribution in [2.24, 2.45) is 5.73 Å². The smallest absolute Gasteiger partial charge is 0.422 e. The minimum atomic E-state index is -4.61. The molecule has 0 aromatic carbocycles. The molecule has 1 heterocycles. The zero-order valence-electron chi connectivity index (χ0n) is 10.3. The molecule has 1 aromatic rings. The normalized spacial score (nSPS) is 10.9. The maximum Gasteiger partial charge on any atom is 0.422 e. The van der Waals surface area contributed by atoms with Gasteiger partial charge in [-0.15, -0.1) is 0 Å². The molecule has 0 bridgehead atoms. The Morgan fingerprint density at radius 2 is 2.10 bits per heavy atom. The van der Waals surface area contributed by atoms with Crippen LogP contribution in [0, 0.1) is 0 Å². The second-order valence-electron chi connectivity index (χ2n) is 3.51. The van der Waals surface area contributed by atoms with Gasteiger partial charge in [0, 0.05) is 12.3 Å². The molecule has 2 amide bonds. The lowest BCUT2D eigenvalue weighted by Gasteiger charge is -2.12. The van der Waals surface area contributed by atoms with E-state index in [0.717, 1.165) is 12.3 Å². The van der Waals surface area contributed by atoms with Crippen molar-refractivity contribution in [3.8, 4) is 17.4 Å². The number of amides is 2. The Balaban J connectivity index is 2.76. The number of nitrogens with one attached hydrogen (secondary N) is 1. The van der Waals surface area contributed by atoms with E-state index in [1.807, 2.05) is 0 Å². The fourth-order valence-electron chi connectivity index (χ4n) is 1.05. The van der Waals surface area contributed by atoms with E-state index in [0.29, 0.717) is 0 Å². The molecule has 116 valence electrons. The molecule has 8 nitrogen and oxygen atoms in total. The van der Waals surface area contributed by atoms with Crippen molar-refractivity contribution < 1.29 is 37.3 Å². The highest BCUT2D eigenvalue weighted by Crippen LogP contribution is 2.34. The van der Waals surface area contributed by atoms with Crippen molar-refractivity contribution in [2.45, 2.75) is 6.18 Å². The highest BCUT2D eigenvalue weighted by molar-refractivity contribution is 5.93. The van der Waals surface area contributed by atoms with E-state index >= 15 is 0 Å². The van der Waals surface area contributed by atoms with Gasteiger partial charge in [-0.2, -0.15) is 13.2 Å². The molecular formula is C10H10F3N3O5. The first-order chi connectivity index (χ1) is 9.73. The lowest BCUT2D eigenvalue weighted by molar-refractivity contribution is -0.153. The number of pyridine rings is 1. The molecule has 0 unspecified atom stereocenters. The number of hydrogen-bond donors (Lipinski definition) is 3. The summed E-state index contributed by atoms with van der Waals surface area (Å²) in [5.41, 5.74) is 4.94. The average Bonchev–Trinajstić information content (AvgIpc) is 2.38. The SMILES string of the molecule is NCC(=O)NC(=O)Oc1nccc(OCC(F)(F)F)c1O. The van der Waals surface area contributed by atoms with Crippen LogP contribution in [0.25, 0.3) is 0 Å². The van der Waals surface area contributed by atoms with E-state index in [-0.39, 0.29) is 0 Å². The van der Waals surface area contributed by atoms with E-state index < -0.39 is 48.7 Å². The van der Waals surface area contributed by atoms with Crippen LogP contribution < -0.4 is 20.5 Å². The summed E-state index contributed by atoms with van der Waals surface area (Å²) in [5, 5.41) is 11.2. The third kappa shape index (κ3) is 5.52. The molecule has 0 spiro atoms. The van der Waals surface area contributed by atoms with E-state index in [2.05, 4.69) is 14.5 Å². The molecule has 1 aromatic heterocycles. The Morgan fingerprint density at radius 1 is 1.43 bits per heavy atom. The van der Waals surface area contributed by atoms with Gasteiger partial charge in [-0.25, -0.2) is 9.78 Å². The summed E-state index contributed by atoms with van der Waals surface area (Å²) < 4.78 is 44.8. The zero-order chi connectivity index (χ0) is 16.0. The molecule has 11 heteroatoms. The second kappa shape index (κ2) is 6.74. The van der Waals surface area contributed by atoms with Gasteiger partial charge in [0.05, 0.1) is 6.54 Å². The van der Waals surface area contributed by atoms with Crippen molar-refractivity contribution in [3.63, 3.8) is 0 Å². The van der Waals surface area contributed by atoms with Gasteiger partial charge in [0.25, 0.3) is 5.88 Å². The Bertz CT molecular complexity index is 535. The quantitative estimate of drug-likeness (QED) is 0.730. The summed E-state index contributed by atoms with van der Waals surface area (Å²) >= 11 is 0. The van der Waals surface area contributed by atoms with Crippen LogP contribution in [0.3, 0.4) is 0 Å². The molecular weight excluding hydrogens is 299 g/mol. The summed E-state index contributed by atoms with van der Waals surface area (Å²) in [4.78, 5) is 25.4. The summed E-state index contributed by atoms with van der Waals surface area (Å²) in [6.45, 7) is -2.13. The topological polar surface area (TPSA) is 124 Å². The molecule has 0 aliphatic heterocycles. The fourth-order valence-corrected chi connectivity index (χ4v) is 1.05. The van der Waals surface area contributed by atoms with Gasteiger partial charge in [0.2, 0.25) is 11.7 Å². The standard InChI is InChI=1S/C10H10F3N3O5/c11-10(12,13)4-20-5-1-2-15-8(7(5)18)21-9(19)16-6(17)3-14/h1-2,18H,3-4,14H2,(H,16,17,19). The van der Waals surface area contributed by atoms with E-state index in [4.69, 9.17) is 5.73 Å². The van der Waals surface area contributed by atoms with Crippen LogP contribution >= 0.6 is 0 Å². The number of imide groups is 1. The predicted molar refractivity (Wildman–Crippen MR) is 60.7 cm³/mol. The number of hydrogen-bond acceptors (Lipinski definition) is 7. The van der Waals surface area contributed by atoms with Crippen LogP contribution in [0.15, 0.2) is 12.3 Å². The van der Waals surface area contributed by atoms with Crippen LogP contribution in [0.1, 0.15) is 0 Å². The number of rotatable bonds is 4. The van der Waals surface area contributed by atoms with Crippen molar-refractivity contribution in [1.29, 1.82) is 0 Å². The Kier molecular flexibility index (Phi) is 5.30. The number of alkyl halides is 3. The van der Waals surface area contributed by atoms with Crippen molar-refractivity contribution in [1.82, 2.24) is 10.3 Å². The minimum absolute atomic E-state index is 0.483. The molecule has 0 saturated heterocycles. The first kappa shape index (κ1) is 16.5. The molecule has 0 atom stereocenters. The number of ether oxygens (including phenoxy) is 2. The molecule has 0 saturated carbocycles. The Labute approximate surface area is 115 Å². The highest BCUT2D eigenvalue weighted by atomic mass is 19.4. The lowest BCUT2D eigenvalue weighted by atomic mass is 10.4. The largest absolute Gasteiger partial charge is 0.501 e. The van der Waals surface area contributed by atoms with Crippen LogP contribution in [0.4, 0.5) is 18.0 Å². The summed E-state index contributed by atoms with van der Waals surface area (Å²) in [6, 6.07) is 0.941. The third-order valence-corrected chi connectivity index (χ3v) is 1.86. The fraction of sp³-hybridized carbons (Fsp3) is 0.300. The van der Waals surface area contributed by atoms with Gasteiger partial charge in [-0.3, -0.25) is 10.1 Å². The van der Waals surface area contributed by atoms with Crippen molar-refractivity contribution in [3.05, 3.63) is 12.3 Å². The number of carbonyl (C=O) groups is 2. The maximum absolute atomic E-state index is 12.0. The van der Waals surface area contributed by atoms with Crippen LogP contribution in [-0.2, 0) is 4.79 Å². The monoisotopic (exact) mass is 309 g/mol. The number of aromatic nitrogens is 1. The Morgan fingerprint density at radius 3 is 2.67 bits per heavy atom. The first-order valence-corrected chi connectivity index (χ1v) is 5.32. The van der Waals surface area contributed by atoms with Crippen LogP contribution in [0.5, 0.6) is 17.4 Å². The van der Waals surface area contributed by atoms with E-state index in [1.165, 1.54) is 0 Å². The number of carbonyl (C=O) groups excluding carboxylic acids is 2. The molecule has 21 heavy (non-hydrogen) atoms. The van der Waals surface area contributed by atoms with Crippen molar-refractivity contribution in [2.75, 3.05) is 13.2 Å². The highest BCUT2D eigenvalue weighted by Gasteiger charge is 2.29. The van der Waals surface area contributed by atoms with E-state index in [1.54, 1.807) is 5.32 Å². The minimum Gasteiger partial charge on any atom is -0.501 e. The molecule has 0 aliphatic rings. The predicted octanol–water partition coefficient (Wildman–Crippen LogP) is 0.302. The average molecular weight is 309 g/mol. The number of halogens is 3. The summed E-state index contributed by atoms with van der Waals surface area (Å²) in [7, 11) is 0. The van der Waals surface area contributed by atoms with Gasteiger partial charge < -0.3 is 20.3 Å². The maximum atomic E-state index is 12.0. The molecule has 0 radical (unpaired) electrons. The zero-order valence-corrected chi connectivity index (χ0v) is 10.3. The van der Waals surface area contributed by atoms with Crippen molar-refractivity contribution >= 4 is 12.0 Å². The molecule has 4 N–H and O–H groups in total. The van der Waals surface area contributed by atoms with Crippen LogP contribution in [0.2, 0.25) is 0 Å². The molecule has 0 aliphatic carbocycles.